The van der Waals surface area contributed by atoms with Crippen molar-refractivity contribution in [2.24, 2.45) is 0 Å². The zero-order valence-electron chi connectivity index (χ0n) is 6.73. The van der Waals surface area contributed by atoms with E-state index in [1.807, 2.05) is 19.9 Å². The van der Waals surface area contributed by atoms with Gasteiger partial charge in [-0.15, -0.1) is 11.6 Å². The number of allylic oxidation sites excluding steroid dienone is 1. The number of alkyl halides is 1. The largest absolute Gasteiger partial charge is 0.313 e. The van der Waals surface area contributed by atoms with Crippen molar-refractivity contribution in [2.75, 3.05) is 13.1 Å². The van der Waals surface area contributed by atoms with E-state index in [1.54, 1.807) is 0 Å². The predicted molar refractivity (Wildman–Crippen MR) is 47.6 cm³/mol. The predicted octanol–water partition coefficient (Wildman–Crippen LogP) is 2.17. The third-order valence-electron chi connectivity index (χ3n) is 1.22. The highest BCUT2D eigenvalue weighted by atomic mass is 35.5. The van der Waals surface area contributed by atoms with Crippen molar-refractivity contribution in [3.63, 3.8) is 0 Å². The van der Waals surface area contributed by atoms with Crippen molar-refractivity contribution in [3.8, 4) is 0 Å². The third-order valence-corrected chi connectivity index (χ3v) is 1.44. The highest BCUT2D eigenvalue weighted by Gasteiger charge is 1.92. The Kier molecular flexibility index (Phi) is 7.09. The maximum absolute atomic E-state index is 5.73. The monoisotopic (exact) mass is 161 g/mol. The lowest BCUT2D eigenvalue weighted by molar-refractivity contribution is 0.685. The van der Waals surface area contributed by atoms with E-state index in [9.17, 15) is 0 Å². The van der Waals surface area contributed by atoms with Crippen LogP contribution in [0.25, 0.3) is 0 Å². The minimum Gasteiger partial charge on any atom is -0.313 e. The topological polar surface area (TPSA) is 12.0 Å². The molecule has 0 fully saturated rings. The van der Waals surface area contributed by atoms with Crippen LogP contribution in [0.1, 0.15) is 20.3 Å². The number of nitrogens with one attached hydrogen (secondary N) is 1. The highest BCUT2D eigenvalue weighted by Crippen LogP contribution is 1.96. The molecule has 2 heteroatoms. The number of halogens is 1. The molecule has 1 unspecified atom stereocenters. The average molecular weight is 162 g/mol. The highest BCUT2D eigenvalue weighted by molar-refractivity contribution is 6.20. The van der Waals surface area contributed by atoms with Crippen molar-refractivity contribution in [2.45, 2.75) is 25.6 Å². The molecule has 0 aliphatic carbocycles. The molecule has 0 aliphatic heterocycles. The summed E-state index contributed by atoms with van der Waals surface area (Å²) in [4.78, 5) is 0. The summed E-state index contributed by atoms with van der Waals surface area (Å²) in [7, 11) is 0. The summed E-state index contributed by atoms with van der Waals surface area (Å²) in [6.07, 6.45) is 5.18. The molecular formula is C8H16ClN. The molecule has 0 aromatic carbocycles. The Morgan fingerprint density at radius 3 is 2.80 bits per heavy atom. The number of rotatable bonds is 5. The van der Waals surface area contributed by atoms with E-state index in [0.717, 1.165) is 19.5 Å². The van der Waals surface area contributed by atoms with E-state index < -0.39 is 0 Å². The molecule has 0 saturated carbocycles. The van der Waals surface area contributed by atoms with E-state index in [0.29, 0.717) is 0 Å². The van der Waals surface area contributed by atoms with Gasteiger partial charge < -0.3 is 5.32 Å². The van der Waals surface area contributed by atoms with Crippen molar-refractivity contribution in [1.29, 1.82) is 0 Å². The van der Waals surface area contributed by atoms with Gasteiger partial charge in [0.2, 0.25) is 0 Å². The molecule has 1 nitrogen and oxygen atoms in total. The van der Waals surface area contributed by atoms with Gasteiger partial charge in [0.15, 0.2) is 0 Å². The molecule has 1 N–H and O–H groups in total. The standard InChI is InChI=1S/C8H16ClN/c1-3-4-6-10-7-5-8(2)9/h3-4,8,10H,5-7H2,1-2H3/b4-3+. The minimum atomic E-state index is 0.290. The molecule has 0 heterocycles. The van der Waals surface area contributed by atoms with Gasteiger partial charge in [-0.3, -0.25) is 0 Å². The van der Waals surface area contributed by atoms with Crippen LogP contribution in [0.5, 0.6) is 0 Å². The number of hydrogen-bond donors (Lipinski definition) is 1. The molecule has 10 heavy (non-hydrogen) atoms. The summed E-state index contributed by atoms with van der Waals surface area (Å²) in [6, 6.07) is 0. The second-order valence-electron chi connectivity index (χ2n) is 2.34. The van der Waals surface area contributed by atoms with E-state index in [2.05, 4.69) is 11.4 Å². The first-order valence-electron chi connectivity index (χ1n) is 3.73. The smallest absolute Gasteiger partial charge is 0.0319 e. The molecule has 0 amide bonds. The van der Waals surface area contributed by atoms with Crippen molar-refractivity contribution < 1.29 is 0 Å². The molecule has 0 aliphatic rings. The maximum Gasteiger partial charge on any atom is 0.0319 e. The van der Waals surface area contributed by atoms with Gasteiger partial charge in [0.25, 0.3) is 0 Å². The summed E-state index contributed by atoms with van der Waals surface area (Å²) >= 11 is 5.73. The molecule has 0 spiro atoms. The minimum absolute atomic E-state index is 0.290. The van der Waals surface area contributed by atoms with Crippen LogP contribution < -0.4 is 5.32 Å². The van der Waals surface area contributed by atoms with E-state index >= 15 is 0 Å². The molecule has 0 bridgehead atoms. The Hall–Kier alpha value is -0.0100. The van der Waals surface area contributed by atoms with Crippen LogP contribution in [0.15, 0.2) is 12.2 Å². The molecule has 0 aromatic heterocycles. The summed E-state index contributed by atoms with van der Waals surface area (Å²) in [5.74, 6) is 0. The van der Waals surface area contributed by atoms with Gasteiger partial charge in [-0.05, 0) is 26.8 Å². The van der Waals surface area contributed by atoms with E-state index in [-0.39, 0.29) is 5.38 Å². The van der Waals surface area contributed by atoms with Crippen LogP contribution >= 0.6 is 11.6 Å². The van der Waals surface area contributed by atoms with Gasteiger partial charge in [0, 0.05) is 11.9 Å². The lowest BCUT2D eigenvalue weighted by Gasteiger charge is -2.01. The van der Waals surface area contributed by atoms with Crippen LogP contribution in [0.4, 0.5) is 0 Å². The van der Waals surface area contributed by atoms with Crippen LogP contribution in [-0.4, -0.2) is 18.5 Å². The fraction of sp³-hybridized carbons (Fsp3) is 0.750. The second kappa shape index (κ2) is 7.10. The summed E-state index contributed by atoms with van der Waals surface area (Å²) in [6.45, 7) is 6.00. The van der Waals surface area contributed by atoms with Gasteiger partial charge in [-0.25, -0.2) is 0 Å². The van der Waals surface area contributed by atoms with Crippen LogP contribution in [0.3, 0.4) is 0 Å². The van der Waals surface area contributed by atoms with Crippen LogP contribution in [-0.2, 0) is 0 Å². The van der Waals surface area contributed by atoms with Gasteiger partial charge >= 0.3 is 0 Å². The molecule has 0 saturated heterocycles. The summed E-state index contributed by atoms with van der Waals surface area (Å²) in [5, 5.41) is 3.54. The molecule has 60 valence electrons. The third kappa shape index (κ3) is 7.99. The van der Waals surface area contributed by atoms with Crippen molar-refractivity contribution in [3.05, 3.63) is 12.2 Å². The Morgan fingerprint density at radius 2 is 2.30 bits per heavy atom. The quantitative estimate of drug-likeness (QED) is 0.370. The van der Waals surface area contributed by atoms with Crippen LogP contribution in [0.2, 0.25) is 0 Å². The average Bonchev–Trinajstić information content (AvgIpc) is 1.87. The van der Waals surface area contributed by atoms with E-state index in [4.69, 9.17) is 11.6 Å². The van der Waals surface area contributed by atoms with E-state index in [1.165, 1.54) is 0 Å². The molecule has 0 radical (unpaired) electrons. The zero-order valence-corrected chi connectivity index (χ0v) is 7.49. The van der Waals surface area contributed by atoms with Gasteiger partial charge in [-0.2, -0.15) is 0 Å². The SMILES string of the molecule is C/C=C/CNCCC(C)Cl. The first kappa shape index (κ1) is 9.99. The Balaban J connectivity index is 2.91. The van der Waals surface area contributed by atoms with Crippen molar-refractivity contribution >= 4 is 11.6 Å². The Bertz CT molecular complexity index is 89.3. The zero-order chi connectivity index (χ0) is 7.82. The fourth-order valence-electron chi connectivity index (χ4n) is 0.604. The van der Waals surface area contributed by atoms with Crippen molar-refractivity contribution in [1.82, 2.24) is 5.32 Å². The summed E-state index contributed by atoms with van der Waals surface area (Å²) in [5.41, 5.74) is 0. The molecule has 0 aromatic rings. The van der Waals surface area contributed by atoms with Crippen LogP contribution in [0, 0.1) is 0 Å². The molecule has 0 rings (SSSR count). The first-order valence-corrected chi connectivity index (χ1v) is 4.17. The fourth-order valence-corrected chi connectivity index (χ4v) is 0.713. The first-order chi connectivity index (χ1) is 4.77. The maximum atomic E-state index is 5.73. The van der Waals surface area contributed by atoms with Gasteiger partial charge in [-0.1, -0.05) is 12.2 Å². The van der Waals surface area contributed by atoms with Gasteiger partial charge in [0.05, 0.1) is 0 Å². The molecular weight excluding hydrogens is 146 g/mol. The molecule has 1 atom stereocenters. The lowest BCUT2D eigenvalue weighted by atomic mass is 10.3. The normalized spacial score (nSPS) is 14.3. The Labute approximate surface area is 68.5 Å². The second-order valence-corrected chi connectivity index (χ2v) is 3.09. The van der Waals surface area contributed by atoms with Gasteiger partial charge in [0.1, 0.15) is 0 Å². The number of hydrogen-bond acceptors (Lipinski definition) is 1. The Morgan fingerprint density at radius 1 is 1.60 bits per heavy atom. The summed E-state index contributed by atoms with van der Waals surface area (Å²) < 4.78 is 0. The lowest BCUT2D eigenvalue weighted by Crippen LogP contribution is -2.17.